The van der Waals surface area contributed by atoms with E-state index in [1.165, 1.54) is 29.2 Å². The number of nitrogens with zero attached hydrogens (tertiary/aromatic N) is 2. The SMILES string of the molecule is CC[C@H](C(=O)NC1CCCC1)N(Cc1ccc(OC)cc1)C(=O)CN(c1ccc(C)cc1)S(=O)(=O)c1ccc(Cl)cc1. The van der Waals surface area contributed by atoms with Gasteiger partial charge in [-0.05, 0) is 80.3 Å². The van der Waals surface area contributed by atoms with E-state index in [1.807, 2.05) is 26.0 Å². The van der Waals surface area contributed by atoms with Crippen molar-refractivity contribution in [2.75, 3.05) is 18.0 Å². The van der Waals surface area contributed by atoms with Crippen molar-refractivity contribution in [2.24, 2.45) is 0 Å². The summed E-state index contributed by atoms with van der Waals surface area (Å²) in [5.74, 6) is -0.0479. The topological polar surface area (TPSA) is 96.0 Å². The number of methoxy groups -OCH3 is 1. The van der Waals surface area contributed by atoms with Gasteiger partial charge in [0.25, 0.3) is 10.0 Å². The molecule has 0 saturated heterocycles. The summed E-state index contributed by atoms with van der Waals surface area (Å²) in [5, 5.41) is 3.52. The molecule has 1 atom stereocenters. The zero-order valence-corrected chi connectivity index (χ0v) is 25.8. The molecule has 0 aromatic heterocycles. The Balaban J connectivity index is 1.70. The molecule has 224 valence electrons. The van der Waals surface area contributed by atoms with Gasteiger partial charge in [0.2, 0.25) is 11.8 Å². The van der Waals surface area contributed by atoms with Gasteiger partial charge in [-0.15, -0.1) is 0 Å². The highest BCUT2D eigenvalue weighted by Crippen LogP contribution is 2.27. The second-order valence-electron chi connectivity index (χ2n) is 10.6. The lowest BCUT2D eigenvalue weighted by molar-refractivity contribution is -0.140. The van der Waals surface area contributed by atoms with E-state index in [0.29, 0.717) is 22.9 Å². The smallest absolute Gasteiger partial charge is 0.264 e. The maximum Gasteiger partial charge on any atom is 0.264 e. The fourth-order valence-electron chi connectivity index (χ4n) is 5.19. The molecule has 0 radical (unpaired) electrons. The molecule has 1 aliphatic rings. The van der Waals surface area contributed by atoms with Crippen molar-refractivity contribution in [1.29, 1.82) is 0 Å². The van der Waals surface area contributed by atoms with Crippen LogP contribution in [0.5, 0.6) is 5.75 Å². The van der Waals surface area contributed by atoms with Gasteiger partial charge in [-0.1, -0.05) is 61.2 Å². The van der Waals surface area contributed by atoms with Gasteiger partial charge in [0.05, 0.1) is 17.7 Å². The van der Waals surface area contributed by atoms with Crippen molar-refractivity contribution in [3.63, 3.8) is 0 Å². The second kappa shape index (κ2) is 14.1. The van der Waals surface area contributed by atoms with Gasteiger partial charge >= 0.3 is 0 Å². The normalized spacial score (nSPS) is 14.3. The van der Waals surface area contributed by atoms with Crippen LogP contribution in [0.15, 0.2) is 77.7 Å². The molecule has 10 heteroatoms. The lowest BCUT2D eigenvalue weighted by Crippen LogP contribution is -2.53. The molecule has 0 unspecified atom stereocenters. The summed E-state index contributed by atoms with van der Waals surface area (Å²) in [4.78, 5) is 29.2. The van der Waals surface area contributed by atoms with Gasteiger partial charge in [0.1, 0.15) is 18.3 Å². The lowest BCUT2D eigenvalue weighted by atomic mass is 10.1. The first-order chi connectivity index (χ1) is 20.1. The number of ether oxygens (including phenoxy) is 1. The van der Waals surface area contributed by atoms with Crippen LogP contribution in [0.25, 0.3) is 0 Å². The predicted molar refractivity (Wildman–Crippen MR) is 165 cm³/mol. The van der Waals surface area contributed by atoms with Crippen LogP contribution in [0.3, 0.4) is 0 Å². The summed E-state index contributed by atoms with van der Waals surface area (Å²) in [5.41, 5.74) is 2.08. The number of carbonyl (C=O) groups excluding carboxylic acids is 2. The molecule has 4 rings (SSSR count). The highest BCUT2D eigenvalue weighted by Gasteiger charge is 2.34. The van der Waals surface area contributed by atoms with E-state index in [1.54, 1.807) is 43.5 Å². The molecule has 2 amide bonds. The molecule has 0 bridgehead atoms. The van der Waals surface area contributed by atoms with E-state index in [4.69, 9.17) is 16.3 Å². The minimum absolute atomic E-state index is 0.00740. The van der Waals surface area contributed by atoms with Gasteiger partial charge in [0, 0.05) is 17.6 Å². The number of nitrogens with one attached hydrogen (secondary N) is 1. The molecule has 0 spiro atoms. The Morgan fingerprint density at radius 2 is 1.60 bits per heavy atom. The average Bonchev–Trinajstić information content (AvgIpc) is 3.49. The van der Waals surface area contributed by atoms with E-state index in [-0.39, 0.29) is 23.4 Å². The molecule has 1 fully saturated rings. The maximum absolute atomic E-state index is 14.2. The third kappa shape index (κ3) is 7.63. The Hall–Kier alpha value is -3.56. The van der Waals surface area contributed by atoms with Crippen LogP contribution < -0.4 is 14.4 Å². The first kappa shape index (κ1) is 31.4. The highest BCUT2D eigenvalue weighted by molar-refractivity contribution is 7.92. The summed E-state index contributed by atoms with van der Waals surface area (Å²) in [7, 11) is -2.58. The number of sulfonamides is 1. The summed E-state index contributed by atoms with van der Waals surface area (Å²) in [6, 6.07) is 19.3. The molecular weight excluding hydrogens is 574 g/mol. The van der Waals surface area contributed by atoms with Gasteiger partial charge in [-0.2, -0.15) is 0 Å². The molecule has 0 heterocycles. The van der Waals surface area contributed by atoms with Crippen molar-refractivity contribution in [2.45, 2.75) is 69.5 Å². The lowest BCUT2D eigenvalue weighted by Gasteiger charge is -2.33. The standard InChI is InChI=1S/C32H38ClN3O5S/c1-4-30(32(38)34-26-7-5-6-8-26)35(21-24-11-17-28(41-3)18-12-24)31(37)22-36(27-15-9-23(2)10-16-27)42(39,40)29-19-13-25(33)14-20-29/h9-20,26,30H,4-8,21-22H2,1-3H3,(H,34,38)/t30-/m1/s1. The number of hydrogen-bond acceptors (Lipinski definition) is 5. The third-order valence-electron chi connectivity index (χ3n) is 7.60. The monoisotopic (exact) mass is 611 g/mol. The van der Waals surface area contributed by atoms with Crippen LogP contribution in [0, 0.1) is 6.92 Å². The van der Waals surface area contributed by atoms with Crippen LogP contribution in [-0.2, 0) is 26.2 Å². The van der Waals surface area contributed by atoms with Crippen molar-refractivity contribution in [1.82, 2.24) is 10.2 Å². The summed E-state index contributed by atoms with van der Waals surface area (Å²) >= 11 is 6.02. The first-order valence-electron chi connectivity index (χ1n) is 14.2. The molecule has 8 nitrogen and oxygen atoms in total. The van der Waals surface area contributed by atoms with Crippen LogP contribution in [-0.4, -0.2) is 50.9 Å². The van der Waals surface area contributed by atoms with E-state index in [2.05, 4.69) is 5.32 Å². The molecule has 1 aliphatic carbocycles. The van der Waals surface area contributed by atoms with Gasteiger partial charge in [0.15, 0.2) is 0 Å². The number of carbonyl (C=O) groups is 2. The van der Waals surface area contributed by atoms with E-state index < -0.39 is 28.5 Å². The van der Waals surface area contributed by atoms with Crippen molar-refractivity contribution >= 4 is 39.1 Å². The number of benzene rings is 3. The molecule has 3 aromatic carbocycles. The number of hydrogen-bond donors (Lipinski definition) is 1. The fraction of sp³-hybridized carbons (Fsp3) is 0.375. The number of rotatable bonds is 12. The second-order valence-corrected chi connectivity index (χ2v) is 12.9. The van der Waals surface area contributed by atoms with Crippen molar-refractivity contribution < 1.29 is 22.7 Å². The van der Waals surface area contributed by atoms with Crippen LogP contribution in [0.2, 0.25) is 5.02 Å². The Morgan fingerprint density at radius 1 is 0.976 bits per heavy atom. The minimum atomic E-state index is -4.16. The van der Waals surface area contributed by atoms with Crippen LogP contribution >= 0.6 is 11.6 Å². The Kier molecular flexibility index (Phi) is 10.5. The number of halogens is 1. The largest absolute Gasteiger partial charge is 0.497 e. The molecule has 1 saturated carbocycles. The number of anilines is 1. The van der Waals surface area contributed by atoms with Crippen LogP contribution in [0.4, 0.5) is 5.69 Å². The van der Waals surface area contributed by atoms with Gasteiger partial charge < -0.3 is 15.0 Å². The highest BCUT2D eigenvalue weighted by atomic mass is 35.5. The van der Waals surface area contributed by atoms with Gasteiger partial charge in [-0.3, -0.25) is 13.9 Å². The van der Waals surface area contributed by atoms with Crippen LogP contribution in [0.1, 0.15) is 50.2 Å². The van der Waals surface area contributed by atoms with Gasteiger partial charge in [-0.25, -0.2) is 8.42 Å². The van der Waals surface area contributed by atoms with E-state index in [9.17, 15) is 18.0 Å². The first-order valence-corrected chi connectivity index (χ1v) is 16.0. The molecule has 0 aliphatic heterocycles. The molecular formula is C32H38ClN3O5S. The number of amides is 2. The molecule has 3 aromatic rings. The van der Waals surface area contributed by atoms with Crippen molar-refractivity contribution in [3.05, 3.63) is 88.9 Å². The fourth-order valence-corrected chi connectivity index (χ4v) is 6.73. The summed E-state index contributed by atoms with van der Waals surface area (Å²) < 4.78 is 34.2. The summed E-state index contributed by atoms with van der Waals surface area (Å²) in [6.45, 7) is 3.40. The summed E-state index contributed by atoms with van der Waals surface area (Å²) in [6.07, 6.45) is 4.31. The Bertz CT molecular complexity index is 1460. The quantitative estimate of drug-likeness (QED) is 0.283. The Labute approximate surface area is 253 Å². The van der Waals surface area contributed by atoms with E-state index >= 15 is 0 Å². The molecule has 42 heavy (non-hydrogen) atoms. The van der Waals surface area contributed by atoms with Crippen molar-refractivity contribution in [3.8, 4) is 5.75 Å². The Morgan fingerprint density at radius 3 is 2.17 bits per heavy atom. The maximum atomic E-state index is 14.2. The zero-order chi connectivity index (χ0) is 30.3. The third-order valence-corrected chi connectivity index (χ3v) is 9.64. The molecule has 1 N–H and O–H groups in total. The minimum Gasteiger partial charge on any atom is -0.497 e. The number of aryl methyl sites for hydroxylation is 1. The zero-order valence-electron chi connectivity index (χ0n) is 24.3. The average molecular weight is 612 g/mol. The predicted octanol–water partition coefficient (Wildman–Crippen LogP) is 5.72. The van der Waals surface area contributed by atoms with E-state index in [0.717, 1.165) is 41.1 Å².